The Bertz CT molecular complexity index is 1380. The molecule has 0 aliphatic rings. The van der Waals surface area contributed by atoms with Crippen LogP contribution < -0.4 is 10.2 Å². The summed E-state index contributed by atoms with van der Waals surface area (Å²) in [6.07, 6.45) is 1.28. The van der Waals surface area contributed by atoms with Crippen molar-refractivity contribution in [3.05, 3.63) is 88.0 Å². The second-order valence-corrected chi connectivity index (χ2v) is 10.8. The van der Waals surface area contributed by atoms with Gasteiger partial charge in [0, 0.05) is 12.1 Å². The van der Waals surface area contributed by atoms with Crippen LogP contribution in [0.4, 0.5) is 0 Å². The van der Waals surface area contributed by atoms with E-state index in [0.717, 1.165) is 21.0 Å². The molecule has 0 aromatic heterocycles. The quantitative estimate of drug-likeness (QED) is 0.303. The molecule has 3 rings (SSSR count). The van der Waals surface area contributed by atoms with Crippen molar-refractivity contribution in [1.29, 1.82) is 0 Å². The first kappa shape index (κ1) is 27.9. The number of hydrazone groups is 1. The number of amides is 1. The molecule has 0 unspecified atom stereocenters. The second-order valence-electron chi connectivity index (χ2n) is 8.91. The van der Waals surface area contributed by atoms with Crippen molar-refractivity contribution in [3.8, 4) is 11.5 Å². The number of carbonyl (C=O) groups is 1. The lowest BCUT2D eigenvalue weighted by atomic mass is 10.1. The van der Waals surface area contributed by atoms with Crippen molar-refractivity contribution in [2.45, 2.75) is 46.1 Å². The van der Waals surface area contributed by atoms with Crippen LogP contribution in [0.3, 0.4) is 0 Å². The number of hydrogen-bond acceptors (Lipinski definition) is 6. The van der Waals surface area contributed by atoms with Crippen molar-refractivity contribution in [2.75, 3.05) is 13.2 Å². The van der Waals surface area contributed by atoms with Crippen molar-refractivity contribution >= 4 is 22.1 Å². The summed E-state index contributed by atoms with van der Waals surface area (Å²) in [6, 6.07) is 16.0. The molecule has 2 N–H and O–H groups in total. The van der Waals surface area contributed by atoms with Gasteiger partial charge in [-0.1, -0.05) is 53.6 Å². The SMILES string of the molecule is CCOc1cccc(/C=N/NC(=O)CN(Cc2ccc(C)cc2)S(=O)(=O)c2c(C)cc(C)cc2C)c1O. The summed E-state index contributed by atoms with van der Waals surface area (Å²) in [5.41, 5.74) is 6.72. The molecule has 0 fully saturated rings. The highest BCUT2D eigenvalue weighted by Gasteiger charge is 2.30. The molecule has 0 bridgehead atoms. The Morgan fingerprint density at radius 2 is 1.68 bits per heavy atom. The van der Waals surface area contributed by atoms with E-state index in [1.165, 1.54) is 6.21 Å². The number of benzene rings is 3. The molecule has 0 atom stereocenters. The molecule has 1 amide bonds. The van der Waals surface area contributed by atoms with Crippen LogP contribution in [-0.4, -0.2) is 43.1 Å². The third-order valence-electron chi connectivity index (χ3n) is 5.72. The summed E-state index contributed by atoms with van der Waals surface area (Å²) in [5.74, 6) is -0.414. The molecule has 9 heteroatoms. The highest BCUT2D eigenvalue weighted by Crippen LogP contribution is 2.29. The normalized spacial score (nSPS) is 11.7. The number of aromatic hydroxyl groups is 1. The van der Waals surface area contributed by atoms with E-state index in [1.807, 2.05) is 50.2 Å². The van der Waals surface area contributed by atoms with E-state index in [0.29, 0.717) is 29.0 Å². The Balaban J connectivity index is 1.86. The molecule has 0 aliphatic heterocycles. The highest BCUT2D eigenvalue weighted by atomic mass is 32.2. The minimum atomic E-state index is -4.01. The number of carbonyl (C=O) groups excluding carboxylic acids is 1. The van der Waals surface area contributed by atoms with E-state index in [2.05, 4.69) is 10.5 Å². The lowest BCUT2D eigenvalue weighted by Gasteiger charge is -2.24. The molecule has 0 aliphatic carbocycles. The van der Waals surface area contributed by atoms with Crippen molar-refractivity contribution in [3.63, 3.8) is 0 Å². The van der Waals surface area contributed by atoms with Crippen LogP contribution in [0.1, 0.15) is 40.3 Å². The van der Waals surface area contributed by atoms with Gasteiger partial charge in [-0.05, 0) is 63.4 Å². The monoisotopic (exact) mass is 523 g/mol. The molecule has 37 heavy (non-hydrogen) atoms. The largest absolute Gasteiger partial charge is 0.504 e. The summed E-state index contributed by atoms with van der Waals surface area (Å²) in [6.45, 7) is 9.13. The van der Waals surface area contributed by atoms with Gasteiger partial charge in [0.1, 0.15) is 0 Å². The summed E-state index contributed by atoms with van der Waals surface area (Å²) in [5, 5.41) is 14.2. The molecule has 0 saturated heterocycles. The molecule has 8 nitrogen and oxygen atoms in total. The van der Waals surface area contributed by atoms with E-state index in [-0.39, 0.29) is 17.2 Å². The maximum Gasteiger partial charge on any atom is 0.255 e. The van der Waals surface area contributed by atoms with Crippen LogP contribution in [0.25, 0.3) is 0 Å². The minimum Gasteiger partial charge on any atom is -0.504 e. The Morgan fingerprint density at radius 3 is 2.30 bits per heavy atom. The zero-order valence-corrected chi connectivity index (χ0v) is 22.6. The number of nitrogens with one attached hydrogen (secondary N) is 1. The van der Waals surface area contributed by atoms with E-state index in [1.54, 1.807) is 39.0 Å². The Labute approximate surface area is 218 Å². The Kier molecular flexibility index (Phi) is 9.07. The van der Waals surface area contributed by atoms with Crippen molar-refractivity contribution in [2.24, 2.45) is 5.10 Å². The topological polar surface area (TPSA) is 108 Å². The number of phenolic OH excluding ortho intramolecular Hbond substituents is 1. The van der Waals surface area contributed by atoms with Gasteiger partial charge in [-0.25, -0.2) is 13.8 Å². The Hall–Kier alpha value is -3.69. The van der Waals surface area contributed by atoms with Gasteiger partial charge in [-0.3, -0.25) is 4.79 Å². The van der Waals surface area contributed by atoms with Gasteiger partial charge >= 0.3 is 0 Å². The third-order valence-corrected chi connectivity index (χ3v) is 7.82. The van der Waals surface area contributed by atoms with Crippen LogP contribution in [0, 0.1) is 27.7 Å². The summed E-state index contributed by atoms with van der Waals surface area (Å²) in [7, 11) is -4.01. The van der Waals surface area contributed by atoms with Crippen molar-refractivity contribution in [1.82, 2.24) is 9.73 Å². The number of ether oxygens (including phenoxy) is 1. The zero-order chi connectivity index (χ0) is 27.2. The number of sulfonamides is 1. The van der Waals surface area contributed by atoms with Gasteiger partial charge in [-0.15, -0.1) is 0 Å². The number of phenols is 1. The van der Waals surface area contributed by atoms with Crippen LogP contribution in [-0.2, 0) is 21.4 Å². The average molecular weight is 524 g/mol. The van der Waals surface area contributed by atoms with Gasteiger partial charge in [-0.2, -0.15) is 9.41 Å². The van der Waals surface area contributed by atoms with E-state index in [4.69, 9.17) is 4.74 Å². The molecular formula is C28H33N3O5S. The van der Waals surface area contributed by atoms with E-state index >= 15 is 0 Å². The number of para-hydroxylation sites is 1. The predicted molar refractivity (Wildman–Crippen MR) is 144 cm³/mol. The molecule has 3 aromatic rings. The second kappa shape index (κ2) is 12.0. The Morgan fingerprint density at radius 1 is 1.03 bits per heavy atom. The number of aryl methyl sites for hydroxylation is 4. The summed E-state index contributed by atoms with van der Waals surface area (Å²) in [4.78, 5) is 13.0. The minimum absolute atomic E-state index is 0.0176. The highest BCUT2D eigenvalue weighted by molar-refractivity contribution is 7.89. The maximum absolute atomic E-state index is 13.8. The van der Waals surface area contributed by atoms with Crippen LogP contribution >= 0.6 is 0 Å². The molecule has 0 saturated carbocycles. The lowest BCUT2D eigenvalue weighted by Crippen LogP contribution is -2.39. The number of rotatable bonds is 10. The maximum atomic E-state index is 13.8. The molecule has 0 spiro atoms. The standard InChI is InChI=1S/C28H33N3O5S/c1-6-36-25-9-7-8-24(27(25)33)16-29-30-26(32)18-31(17-23-12-10-19(2)11-13-23)37(34,35)28-21(4)14-20(3)15-22(28)5/h7-16,33H,6,17-18H2,1-5H3,(H,30,32)/b29-16+. The first-order valence-electron chi connectivity index (χ1n) is 11.9. The van der Waals surface area contributed by atoms with E-state index in [9.17, 15) is 18.3 Å². The van der Waals surface area contributed by atoms with Gasteiger partial charge < -0.3 is 9.84 Å². The van der Waals surface area contributed by atoms with Gasteiger partial charge in [0.2, 0.25) is 10.0 Å². The predicted octanol–water partition coefficient (Wildman–Crippen LogP) is 4.37. The van der Waals surface area contributed by atoms with E-state index < -0.39 is 22.5 Å². The lowest BCUT2D eigenvalue weighted by molar-refractivity contribution is -0.121. The smallest absolute Gasteiger partial charge is 0.255 e. The fourth-order valence-corrected chi connectivity index (χ4v) is 5.91. The van der Waals surface area contributed by atoms with Crippen LogP contribution in [0.2, 0.25) is 0 Å². The average Bonchev–Trinajstić information content (AvgIpc) is 2.81. The first-order valence-corrected chi connectivity index (χ1v) is 13.4. The third kappa shape index (κ3) is 6.96. The molecule has 0 radical (unpaired) electrons. The summed E-state index contributed by atoms with van der Waals surface area (Å²) >= 11 is 0. The molecule has 3 aromatic carbocycles. The van der Waals surface area contributed by atoms with Crippen LogP contribution in [0.15, 0.2) is 64.6 Å². The van der Waals surface area contributed by atoms with Gasteiger partial charge in [0.05, 0.1) is 24.3 Å². The number of hydrogen-bond donors (Lipinski definition) is 2. The van der Waals surface area contributed by atoms with Gasteiger partial charge in [0.15, 0.2) is 11.5 Å². The van der Waals surface area contributed by atoms with Crippen molar-refractivity contribution < 1.29 is 23.1 Å². The van der Waals surface area contributed by atoms with Crippen LogP contribution in [0.5, 0.6) is 11.5 Å². The first-order chi connectivity index (χ1) is 17.5. The summed E-state index contributed by atoms with van der Waals surface area (Å²) < 4.78 is 34.1. The fourth-order valence-electron chi connectivity index (χ4n) is 4.11. The molecular weight excluding hydrogens is 490 g/mol. The fraction of sp³-hybridized carbons (Fsp3) is 0.286. The molecule has 196 valence electrons. The number of nitrogens with zero attached hydrogens (tertiary/aromatic N) is 2. The zero-order valence-electron chi connectivity index (χ0n) is 21.8. The molecule has 0 heterocycles. The van der Waals surface area contributed by atoms with Gasteiger partial charge in [0.25, 0.3) is 5.91 Å².